The van der Waals surface area contributed by atoms with E-state index < -0.39 is 23.7 Å². The minimum Gasteiger partial charge on any atom is -0.461 e. The molecule has 1 aromatic heterocycles. The van der Waals surface area contributed by atoms with Gasteiger partial charge in [-0.15, -0.1) is 0 Å². The average molecular weight is 374 g/mol. The summed E-state index contributed by atoms with van der Waals surface area (Å²) in [6, 6.07) is 9.32. The molecule has 0 radical (unpaired) electrons. The maximum atomic E-state index is 12.2. The number of benzene rings is 1. The lowest BCUT2D eigenvalue weighted by molar-refractivity contribution is 0.0491. The number of carbonyl (C=O) groups is 2. The summed E-state index contributed by atoms with van der Waals surface area (Å²) in [6.07, 6.45) is 1.89. The summed E-state index contributed by atoms with van der Waals surface area (Å²) in [6.45, 7) is 7.32. The molecule has 0 aliphatic rings. The van der Waals surface area contributed by atoms with Gasteiger partial charge in [-0.25, -0.2) is 14.6 Å². The minimum absolute atomic E-state index is 0.0718. The predicted molar refractivity (Wildman–Crippen MR) is 99.3 cm³/mol. The van der Waals surface area contributed by atoms with E-state index in [1.807, 2.05) is 30.3 Å². The molecule has 7 heteroatoms. The van der Waals surface area contributed by atoms with Gasteiger partial charge in [-0.1, -0.05) is 30.3 Å². The number of ether oxygens (including phenoxy) is 2. The van der Waals surface area contributed by atoms with Crippen molar-refractivity contribution in [2.24, 2.45) is 0 Å². The van der Waals surface area contributed by atoms with E-state index in [1.54, 1.807) is 27.7 Å². The van der Waals surface area contributed by atoms with E-state index >= 15 is 0 Å². The van der Waals surface area contributed by atoms with E-state index in [9.17, 15) is 9.59 Å². The van der Waals surface area contributed by atoms with Crippen molar-refractivity contribution in [3.8, 4) is 0 Å². The van der Waals surface area contributed by atoms with E-state index in [4.69, 9.17) is 13.9 Å². The first-order valence-corrected chi connectivity index (χ1v) is 8.94. The van der Waals surface area contributed by atoms with Crippen LogP contribution in [-0.4, -0.2) is 29.3 Å². The summed E-state index contributed by atoms with van der Waals surface area (Å²) >= 11 is 0. The van der Waals surface area contributed by atoms with Crippen molar-refractivity contribution in [3.63, 3.8) is 0 Å². The van der Waals surface area contributed by atoms with Crippen LogP contribution < -0.4 is 5.32 Å². The van der Waals surface area contributed by atoms with Crippen LogP contribution in [0.25, 0.3) is 0 Å². The number of esters is 1. The highest BCUT2D eigenvalue weighted by Gasteiger charge is 2.25. The van der Waals surface area contributed by atoms with Crippen molar-refractivity contribution in [2.45, 2.75) is 52.2 Å². The van der Waals surface area contributed by atoms with E-state index in [1.165, 1.54) is 6.26 Å². The number of nitrogens with zero attached hydrogens (tertiary/aromatic N) is 1. The van der Waals surface area contributed by atoms with E-state index in [0.29, 0.717) is 12.8 Å². The van der Waals surface area contributed by atoms with Crippen molar-refractivity contribution < 1.29 is 23.5 Å². The van der Waals surface area contributed by atoms with Gasteiger partial charge in [0.1, 0.15) is 17.9 Å². The first-order valence-electron chi connectivity index (χ1n) is 8.94. The van der Waals surface area contributed by atoms with Crippen molar-refractivity contribution in [1.29, 1.82) is 0 Å². The molecular weight excluding hydrogens is 348 g/mol. The Balaban J connectivity index is 2.13. The molecule has 27 heavy (non-hydrogen) atoms. The van der Waals surface area contributed by atoms with Crippen LogP contribution in [0.2, 0.25) is 0 Å². The van der Waals surface area contributed by atoms with Gasteiger partial charge in [-0.3, -0.25) is 0 Å². The number of hydrogen-bond acceptors (Lipinski definition) is 6. The van der Waals surface area contributed by atoms with Gasteiger partial charge >= 0.3 is 12.1 Å². The van der Waals surface area contributed by atoms with Gasteiger partial charge in [0.05, 0.1) is 6.61 Å². The lowest BCUT2D eigenvalue weighted by Crippen LogP contribution is -2.35. The van der Waals surface area contributed by atoms with Gasteiger partial charge < -0.3 is 19.2 Å². The third-order valence-corrected chi connectivity index (χ3v) is 3.56. The van der Waals surface area contributed by atoms with Crippen LogP contribution in [0.4, 0.5) is 4.79 Å². The predicted octanol–water partition coefficient (Wildman–Crippen LogP) is 4.05. The Morgan fingerprint density at radius 1 is 1.22 bits per heavy atom. The maximum Gasteiger partial charge on any atom is 0.408 e. The largest absolute Gasteiger partial charge is 0.461 e. The van der Waals surface area contributed by atoms with Crippen LogP contribution in [0, 0.1) is 0 Å². The van der Waals surface area contributed by atoms with Crippen LogP contribution in [0.5, 0.6) is 0 Å². The Labute approximate surface area is 159 Å². The Morgan fingerprint density at radius 3 is 2.56 bits per heavy atom. The number of nitrogens with one attached hydrogen (secondary N) is 1. The van der Waals surface area contributed by atoms with Crippen LogP contribution in [0.1, 0.15) is 62.1 Å². The van der Waals surface area contributed by atoms with E-state index in [2.05, 4.69) is 10.3 Å². The van der Waals surface area contributed by atoms with Crippen molar-refractivity contribution in [2.75, 3.05) is 6.61 Å². The number of oxazole rings is 1. The number of aromatic nitrogens is 1. The molecule has 1 amide bonds. The summed E-state index contributed by atoms with van der Waals surface area (Å²) < 4.78 is 15.7. The fourth-order valence-electron chi connectivity index (χ4n) is 2.41. The highest BCUT2D eigenvalue weighted by molar-refractivity contribution is 5.86. The van der Waals surface area contributed by atoms with Gasteiger partial charge in [0.15, 0.2) is 5.69 Å². The Kier molecular flexibility index (Phi) is 6.98. The second-order valence-corrected chi connectivity index (χ2v) is 7.01. The number of amides is 1. The van der Waals surface area contributed by atoms with Gasteiger partial charge in [-0.05, 0) is 46.1 Å². The number of aryl methyl sites for hydroxylation is 1. The quantitative estimate of drug-likeness (QED) is 0.735. The second kappa shape index (κ2) is 9.21. The van der Waals surface area contributed by atoms with Crippen LogP contribution in [-0.2, 0) is 15.9 Å². The Morgan fingerprint density at radius 2 is 1.93 bits per heavy atom. The zero-order valence-electron chi connectivity index (χ0n) is 16.2. The van der Waals surface area contributed by atoms with E-state index in [0.717, 1.165) is 5.56 Å². The normalized spacial score (nSPS) is 12.3. The molecule has 2 rings (SSSR count). The van der Waals surface area contributed by atoms with Crippen LogP contribution in [0.3, 0.4) is 0 Å². The Hall–Kier alpha value is -2.83. The molecule has 0 saturated carbocycles. The lowest BCUT2D eigenvalue weighted by Gasteiger charge is -2.22. The van der Waals surface area contributed by atoms with Crippen LogP contribution >= 0.6 is 0 Å². The number of alkyl carbamates (subject to hydrolysis) is 1. The molecule has 7 nitrogen and oxygen atoms in total. The highest BCUT2D eigenvalue weighted by Crippen LogP contribution is 2.20. The zero-order chi connectivity index (χ0) is 19.9. The lowest BCUT2D eigenvalue weighted by atomic mass is 10.1. The molecule has 0 aliphatic carbocycles. The van der Waals surface area contributed by atoms with Gasteiger partial charge in [-0.2, -0.15) is 0 Å². The maximum absolute atomic E-state index is 12.2. The third kappa shape index (κ3) is 6.77. The van der Waals surface area contributed by atoms with Gasteiger partial charge in [0, 0.05) is 0 Å². The summed E-state index contributed by atoms with van der Waals surface area (Å²) in [7, 11) is 0. The topological polar surface area (TPSA) is 90.7 Å². The van der Waals surface area contributed by atoms with Gasteiger partial charge in [0.25, 0.3) is 0 Å². The summed E-state index contributed by atoms with van der Waals surface area (Å²) in [5.74, 6) is -0.327. The fraction of sp³-hybridized carbons (Fsp3) is 0.450. The molecule has 1 aromatic carbocycles. The first-order chi connectivity index (χ1) is 12.8. The molecule has 0 spiro atoms. The highest BCUT2D eigenvalue weighted by atomic mass is 16.6. The fourth-order valence-corrected chi connectivity index (χ4v) is 2.41. The molecule has 0 aliphatic heterocycles. The number of rotatable bonds is 7. The third-order valence-electron chi connectivity index (χ3n) is 3.56. The molecule has 2 aromatic rings. The molecule has 1 N–H and O–H groups in total. The minimum atomic E-state index is -0.624. The molecular formula is C20H26N2O5. The van der Waals surface area contributed by atoms with Crippen molar-refractivity contribution in [1.82, 2.24) is 10.3 Å². The van der Waals surface area contributed by atoms with Crippen LogP contribution in [0.15, 0.2) is 41.0 Å². The monoisotopic (exact) mass is 374 g/mol. The second-order valence-electron chi connectivity index (χ2n) is 7.01. The summed E-state index contributed by atoms with van der Waals surface area (Å²) in [5, 5.41) is 2.77. The molecule has 0 saturated heterocycles. The van der Waals surface area contributed by atoms with E-state index in [-0.39, 0.29) is 18.2 Å². The molecule has 0 unspecified atom stereocenters. The SMILES string of the molecule is CCOC(=O)c1coc([C@@H](CCc2ccccc2)NC(=O)OC(C)(C)C)n1. The summed E-state index contributed by atoms with van der Waals surface area (Å²) in [4.78, 5) is 28.2. The molecule has 1 atom stereocenters. The smallest absolute Gasteiger partial charge is 0.408 e. The molecule has 0 bridgehead atoms. The number of carbonyl (C=O) groups excluding carboxylic acids is 2. The van der Waals surface area contributed by atoms with Crippen molar-refractivity contribution in [3.05, 3.63) is 53.7 Å². The average Bonchev–Trinajstić information content (AvgIpc) is 3.08. The Bertz CT molecular complexity index is 749. The number of hydrogen-bond donors (Lipinski definition) is 1. The zero-order valence-corrected chi connectivity index (χ0v) is 16.2. The summed E-state index contributed by atoms with van der Waals surface area (Å²) in [5.41, 5.74) is 0.564. The van der Waals surface area contributed by atoms with Gasteiger partial charge in [0.2, 0.25) is 5.89 Å². The van der Waals surface area contributed by atoms with Crippen molar-refractivity contribution >= 4 is 12.1 Å². The standard InChI is InChI=1S/C20H26N2O5/c1-5-25-18(23)16-13-26-17(21-16)15(22-19(24)27-20(2,3)4)12-11-14-9-7-6-8-10-14/h6-10,13,15H,5,11-12H2,1-4H3,(H,22,24)/t15-/m1/s1. The first kappa shape index (κ1) is 20.5. The molecule has 146 valence electrons. The molecule has 1 heterocycles. The molecule has 0 fully saturated rings.